The Bertz CT molecular complexity index is 995. The van der Waals surface area contributed by atoms with Gasteiger partial charge in [-0.2, -0.15) is 13.2 Å². The van der Waals surface area contributed by atoms with Crippen molar-refractivity contribution in [1.82, 2.24) is 9.38 Å². The maximum Gasteiger partial charge on any atom is 0.416 e. The zero-order valence-corrected chi connectivity index (χ0v) is 14.7. The number of aromatic nitrogens is 2. The molecular weight excluding hydrogens is 365 g/mol. The lowest BCUT2D eigenvalue weighted by molar-refractivity contribution is -0.137. The van der Waals surface area contributed by atoms with E-state index in [4.69, 9.17) is 11.6 Å². The van der Waals surface area contributed by atoms with Crippen LogP contribution in [0.3, 0.4) is 0 Å². The fraction of sp³-hybridized carbons (Fsp3) is 0.263. The van der Waals surface area contributed by atoms with Gasteiger partial charge >= 0.3 is 6.18 Å². The van der Waals surface area contributed by atoms with Gasteiger partial charge in [-0.15, -0.1) is 0 Å². The minimum absolute atomic E-state index is 0.00589. The zero-order valence-electron chi connectivity index (χ0n) is 14.0. The van der Waals surface area contributed by atoms with Crippen molar-refractivity contribution in [2.24, 2.45) is 0 Å². The SMILES string of the molecule is CCCCc1nc2cc(C(F)(F)F)ccn2c(=O)c1-c1ccc(Cl)cc1. The predicted octanol–water partition coefficient (Wildman–Crippen LogP) is 5.38. The van der Waals surface area contributed by atoms with Crippen LogP contribution in [0.2, 0.25) is 5.02 Å². The lowest BCUT2D eigenvalue weighted by atomic mass is 10.0. The minimum Gasteiger partial charge on any atom is -0.268 e. The van der Waals surface area contributed by atoms with Crippen LogP contribution < -0.4 is 5.56 Å². The van der Waals surface area contributed by atoms with Crippen LogP contribution in [0.25, 0.3) is 16.8 Å². The van der Waals surface area contributed by atoms with Crippen molar-refractivity contribution in [2.45, 2.75) is 32.4 Å². The van der Waals surface area contributed by atoms with Crippen molar-refractivity contribution in [2.75, 3.05) is 0 Å². The molecule has 2 heterocycles. The molecule has 0 bridgehead atoms. The third-order valence-corrected chi connectivity index (χ3v) is 4.38. The smallest absolute Gasteiger partial charge is 0.268 e. The third-order valence-electron chi connectivity index (χ3n) is 4.13. The topological polar surface area (TPSA) is 34.4 Å². The number of benzene rings is 1. The molecule has 3 nitrogen and oxygen atoms in total. The maximum atomic E-state index is 13.0. The summed E-state index contributed by atoms with van der Waals surface area (Å²) in [5.74, 6) is 0. The van der Waals surface area contributed by atoms with E-state index in [1.807, 2.05) is 6.92 Å². The van der Waals surface area contributed by atoms with E-state index in [0.29, 0.717) is 28.3 Å². The van der Waals surface area contributed by atoms with E-state index >= 15 is 0 Å². The van der Waals surface area contributed by atoms with Gasteiger partial charge in [0, 0.05) is 11.2 Å². The molecule has 2 aromatic heterocycles. The number of unbranched alkanes of at least 4 members (excludes halogenated alkanes) is 1. The number of hydrogen-bond acceptors (Lipinski definition) is 2. The molecular formula is C19H16ClF3N2O. The molecule has 0 spiro atoms. The highest BCUT2D eigenvalue weighted by atomic mass is 35.5. The first-order chi connectivity index (χ1) is 12.3. The van der Waals surface area contributed by atoms with Gasteiger partial charge in [-0.05, 0) is 42.7 Å². The summed E-state index contributed by atoms with van der Waals surface area (Å²) < 4.78 is 40.1. The van der Waals surface area contributed by atoms with Crippen LogP contribution in [0.1, 0.15) is 31.0 Å². The van der Waals surface area contributed by atoms with E-state index in [2.05, 4.69) is 4.98 Å². The van der Waals surface area contributed by atoms with Gasteiger partial charge in [-0.25, -0.2) is 4.98 Å². The Morgan fingerprint density at radius 1 is 1.15 bits per heavy atom. The molecule has 7 heteroatoms. The van der Waals surface area contributed by atoms with Crippen LogP contribution in [0.4, 0.5) is 13.2 Å². The normalized spacial score (nSPS) is 11.9. The number of pyridine rings is 1. The third kappa shape index (κ3) is 3.60. The summed E-state index contributed by atoms with van der Waals surface area (Å²) in [6, 6.07) is 8.55. The number of nitrogens with zero attached hydrogens (tertiary/aromatic N) is 2. The Morgan fingerprint density at radius 2 is 1.85 bits per heavy atom. The standard InChI is InChI=1S/C19H16ClF3N2O/c1-2-3-4-15-17(12-5-7-14(20)8-6-12)18(26)25-10-9-13(19(21,22)23)11-16(25)24-15/h5-11H,2-4H2,1H3. The summed E-state index contributed by atoms with van der Waals surface area (Å²) in [5.41, 5.74) is 0.314. The Morgan fingerprint density at radius 3 is 2.46 bits per heavy atom. The summed E-state index contributed by atoms with van der Waals surface area (Å²) in [6.45, 7) is 2.00. The van der Waals surface area contributed by atoms with Crippen LogP contribution >= 0.6 is 11.6 Å². The van der Waals surface area contributed by atoms with Crippen LogP contribution in [0.15, 0.2) is 47.4 Å². The molecule has 0 amide bonds. The van der Waals surface area contributed by atoms with Gasteiger partial charge in [-0.1, -0.05) is 37.1 Å². The molecule has 1 aromatic carbocycles. The largest absolute Gasteiger partial charge is 0.416 e. The summed E-state index contributed by atoms with van der Waals surface area (Å²) in [4.78, 5) is 17.3. The monoisotopic (exact) mass is 380 g/mol. The lowest BCUT2D eigenvalue weighted by Crippen LogP contribution is -2.21. The van der Waals surface area contributed by atoms with Crippen molar-refractivity contribution in [3.8, 4) is 11.1 Å². The van der Waals surface area contributed by atoms with Gasteiger partial charge in [0.25, 0.3) is 5.56 Å². The lowest BCUT2D eigenvalue weighted by Gasteiger charge is -2.13. The molecule has 136 valence electrons. The van der Waals surface area contributed by atoms with Gasteiger partial charge < -0.3 is 0 Å². The molecule has 0 fully saturated rings. The van der Waals surface area contributed by atoms with Crippen molar-refractivity contribution in [3.05, 3.63) is 69.2 Å². The second-order valence-corrected chi connectivity index (χ2v) is 6.43. The molecule has 0 saturated carbocycles. The van der Waals surface area contributed by atoms with E-state index < -0.39 is 17.3 Å². The maximum absolute atomic E-state index is 13.0. The highest BCUT2D eigenvalue weighted by molar-refractivity contribution is 6.30. The highest BCUT2D eigenvalue weighted by Gasteiger charge is 2.31. The quantitative estimate of drug-likeness (QED) is 0.609. The molecule has 0 N–H and O–H groups in total. The molecule has 0 unspecified atom stereocenters. The summed E-state index contributed by atoms with van der Waals surface area (Å²) >= 11 is 5.91. The second kappa shape index (κ2) is 7.11. The molecule has 0 aliphatic carbocycles. The average Bonchev–Trinajstić information content (AvgIpc) is 2.60. The van der Waals surface area contributed by atoms with Crippen molar-refractivity contribution < 1.29 is 13.2 Å². The first kappa shape index (κ1) is 18.5. The summed E-state index contributed by atoms with van der Waals surface area (Å²) in [6.07, 6.45) is -1.20. The van der Waals surface area contributed by atoms with Gasteiger partial charge in [-0.3, -0.25) is 9.20 Å². The van der Waals surface area contributed by atoms with Crippen molar-refractivity contribution >= 4 is 17.2 Å². The van der Waals surface area contributed by atoms with Crippen LogP contribution in [0.5, 0.6) is 0 Å². The first-order valence-electron chi connectivity index (χ1n) is 8.19. The molecule has 0 saturated heterocycles. The van der Waals surface area contributed by atoms with E-state index in [9.17, 15) is 18.0 Å². The number of rotatable bonds is 4. The van der Waals surface area contributed by atoms with Crippen LogP contribution in [-0.4, -0.2) is 9.38 Å². The van der Waals surface area contributed by atoms with Crippen molar-refractivity contribution in [3.63, 3.8) is 0 Å². The highest BCUT2D eigenvalue weighted by Crippen LogP contribution is 2.30. The Hall–Kier alpha value is -2.34. The molecule has 3 aromatic rings. The molecule has 3 rings (SSSR count). The van der Waals surface area contributed by atoms with E-state index in [1.54, 1.807) is 24.3 Å². The van der Waals surface area contributed by atoms with Crippen LogP contribution in [0, 0.1) is 0 Å². The Labute approximate surface area is 153 Å². The summed E-state index contributed by atoms with van der Waals surface area (Å²) in [7, 11) is 0. The van der Waals surface area contributed by atoms with E-state index in [0.717, 1.165) is 35.6 Å². The molecule has 0 aliphatic rings. The molecule has 0 atom stereocenters. The zero-order chi connectivity index (χ0) is 18.9. The summed E-state index contributed by atoms with van der Waals surface area (Å²) in [5, 5.41) is 0.535. The predicted molar refractivity (Wildman–Crippen MR) is 95.5 cm³/mol. The average molecular weight is 381 g/mol. The van der Waals surface area contributed by atoms with Crippen LogP contribution in [-0.2, 0) is 12.6 Å². The van der Waals surface area contributed by atoms with E-state index in [-0.39, 0.29) is 5.65 Å². The van der Waals surface area contributed by atoms with Crippen molar-refractivity contribution in [1.29, 1.82) is 0 Å². The number of fused-ring (bicyclic) bond motifs is 1. The van der Waals surface area contributed by atoms with Gasteiger partial charge in [0.1, 0.15) is 5.65 Å². The van der Waals surface area contributed by atoms with Gasteiger partial charge in [0.05, 0.1) is 16.8 Å². The molecule has 0 radical (unpaired) electrons. The number of hydrogen-bond donors (Lipinski definition) is 0. The number of alkyl halides is 3. The fourth-order valence-electron chi connectivity index (χ4n) is 2.79. The number of halogens is 4. The minimum atomic E-state index is -4.49. The fourth-order valence-corrected chi connectivity index (χ4v) is 2.92. The Balaban J connectivity index is 2.27. The Kier molecular flexibility index (Phi) is 5.05. The number of aryl methyl sites for hydroxylation is 1. The molecule has 0 aliphatic heterocycles. The first-order valence-corrected chi connectivity index (χ1v) is 8.57. The second-order valence-electron chi connectivity index (χ2n) is 5.99. The van der Waals surface area contributed by atoms with E-state index in [1.165, 1.54) is 0 Å². The van der Waals surface area contributed by atoms with Gasteiger partial charge in [0.2, 0.25) is 0 Å². The van der Waals surface area contributed by atoms with Gasteiger partial charge in [0.15, 0.2) is 0 Å². The molecule has 26 heavy (non-hydrogen) atoms.